The van der Waals surface area contributed by atoms with Gasteiger partial charge in [0.05, 0.1) is 26.9 Å². The van der Waals surface area contributed by atoms with Gasteiger partial charge in [0.2, 0.25) is 5.88 Å². The summed E-state index contributed by atoms with van der Waals surface area (Å²) in [5, 5.41) is 14.6. The van der Waals surface area contributed by atoms with Crippen LogP contribution in [0.4, 0.5) is 0 Å². The van der Waals surface area contributed by atoms with E-state index in [9.17, 15) is 9.90 Å². The summed E-state index contributed by atoms with van der Waals surface area (Å²) < 4.78 is 18.0. The maximum Gasteiger partial charge on any atom is 0.335 e. The normalized spacial score (nSPS) is 16.4. The molecule has 1 saturated carbocycles. The summed E-state index contributed by atoms with van der Waals surface area (Å²) in [6, 6.07) is 13.8. The zero-order valence-corrected chi connectivity index (χ0v) is 21.3. The first-order valence-electron chi connectivity index (χ1n) is 12.0. The fourth-order valence-corrected chi connectivity index (χ4v) is 5.23. The van der Waals surface area contributed by atoms with Crippen LogP contribution in [0, 0.1) is 0 Å². The van der Waals surface area contributed by atoms with Crippen molar-refractivity contribution in [1.82, 2.24) is 10.1 Å². The molecule has 1 aliphatic carbocycles. The Kier molecular flexibility index (Phi) is 6.05. The van der Waals surface area contributed by atoms with Gasteiger partial charge >= 0.3 is 5.97 Å². The highest BCUT2D eigenvalue weighted by molar-refractivity contribution is 6.39. The summed E-state index contributed by atoms with van der Waals surface area (Å²) in [4.78, 5) is 16.2. The molecular weight excluding hydrogens is 515 g/mol. The van der Waals surface area contributed by atoms with E-state index in [4.69, 9.17) is 42.2 Å². The van der Waals surface area contributed by atoms with Crippen LogP contribution in [0.3, 0.4) is 0 Å². The fourth-order valence-electron chi connectivity index (χ4n) is 4.65. The molecule has 1 aliphatic heterocycles. The molecule has 0 unspecified atom stereocenters. The molecule has 1 fully saturated rings. The largest absolute Gasteiger partial charge is 0.478 e. The van der Waals surface area contributed by atoms with Gasteiger partial charge in [0.1, 0.15) is 29.6 Å². The Balaban J connectivity index is 1.29. The Bertz CT molecular complexity index is 1510. The number of halogens is 2. The number of carbonyl (C=O) groups is 1. The van der Waals surface area contributed by atoms with Crippen molar-refractivity contribution < 1.29 is 23.9 Å². The molecule has 0 saturated heterocycles. The van der Waals surface area contributed by atoms with E-state index >= 15 is 0 Å². The van der Waals surface area contributed by atoms with E-state index in [1.165, 1.54) is 0 Å². The van der Waals surface area contributed by atoms with Crippen molar-refractivity contribution in [1.29, 1.82) is 0 Å². The number of hydrogen-bond donors (Lipinski definition) is 1. The topological polar surface area (TPSA) is 94.7 Å². The number of nitrogens with zero attached hydrogens (tertiary/aromatic N) is 2. The van der Waals surface area contributed by atoms with Crippen LogP contribution in [0.15, 0.2) is 53.1 Å². The van der Waals surface area contributed by atoms with Gasteiger partial charge < -0.3 is 19.1 Å². The number of pyridine rings is 1. The van der Waals surface area contributed by atoms with Gasteiger partial charge in [-0.15, -0.1) is 0 Å². The SMILES string of the molecule is C[C@@H]1Cc2ccc(C(=O)O)cc2Oc2ccc(OCc3c(-c4c(Cl)cccc4Cl)noc3C3CC3)nc21. The van der Waals surface area contributed by atoms with Crippen LogP contribution < -0.4 is 9.47 Å². The molecule has 0 amide bonds. The van der Waals surface area contributed by atoms with E-state index < -0.39 is 5.97 Å². The Morgan fingerprint density at radius 3 is 2.62 bits per heavy atom. The second-order valence-electron chi connectivity index (χ2n) is 9.40. The summed E-state index contributed by atoms with van der Waals surface area (Å²) >= 11 is 12.9. The number of carboxylic acid groups (broad SMARTS) is 1. The second-order valence-corrected chi connectivity index (χ2v) is 10.2. The lowest BCUT2D eigenvalue weighted by atomic mass is 9.97. The van der Waals surface area contributed by atoms with Crippen LogP contribution in [-0.2, 0) is 13.0 Å². The van der Waals surface area contributed by atoms with Crippen LogP contribution >= 0.6 is 23.2 Å². The van der Waals surface area contributed by atoms with Crippen LogP contribution in [0.2, 0.25) is 10.0 Å². The molecule has 4 aromatic rings. The highest BCUT2D eigenvalue weighted by atomic mass is 35.5. The first-order valence-corrected chi connectivity index (χ1v) is 12.7. The van der Waals surface area contributed by atoms with Crippen LogP contribution in [-0.4, -0.2) is 21.2 Å². The molecule has 0 bridgehead atoms. The summed E-state index contributed by atoms with van der Waals surface area (Å²) in [5.74, 6) is 1.68. The first kappa shape index (κ1) is 23.8. The van der Waals surface area contributed by atoms with E-state index in [1.807, 2.05) is 0 Å². The zero-order valence-electron chi connectivity index (χ0n) is 19.8. The minimum atomic E-state index is -0.998. The van der Waals surface area contributed by atoms with Crippen LogP contribution in [0.5, 0.6) is 17.4 Å². The van der Waals surface area contributed by atoms with Crippen molar-refractivity contribution in [3.05, 3.63) is 86.7 Å². The molecule has 7 nitrogen and oxygen atoms in total. The quantitative estimate of drug-likeness (QED) is 0.270. The number of benzene rings is 2. The number of aromatic carboxylic acids is 1. The van der Waals surface area contributed by atoms with Crippen molar-refractivity contribution >= 4 is 29.2 Å². The first-order chi connectivity index (χ1) is 17.9. The molecule has 1 atom stereocenters. The number of carboxylic acids is 1. The van der Waals surface area contributed by atoms with Crippen molar-refractivity contribution in [3.63, 3.8) is 0 Å². The molecule has 37 heavy (non-hydrogen) atoms. The van der Waals surface area contributed by atoms with E-state index in [0.29, 0.717) is 51.0 Å². The molecule has 6 rings (SSSR count). The van der Waals surface area contributed by atoms with E-state index in [1.54, 1.807) is 48.5 Å². The van der Waals surface area contributed by atoms with Gasteiger partial charge in [-0.3, -0.25) is 0 Å². The van der Waals surface area contributed by atoms with Gasteiger partial charge in [-0.2, -0.15) is 0 Å². The van der Waals surface area contributed by atoms with E-state index in [0.717, 1.165) is 35.4 Å². The predicted molar refractivity (Wildman–Crippen MR) is 138 cm³/mol. The molecule has 0 radical (unpaired) electrons. The third kappa shape index (κ3) is 4.54. The molecule has 2 aromatic heterocycles. The lowest BCUT2D eigenvalue weighted by Crippen LogP contribution is -2.04. The van der Waals surface area contributed by atoms with Gasteiger partial charge in [-0.05, 0) is 55.2 Å². The molecule has 3 heterocycles. The number of rotatable bonds is 6. The Morgan fingerprint density at radius 1 is 1.11 bits per heavy atom. The van der Waals surface area contributed by atoms with Crippen molar-refractivity contribution in [2.45, 2.75) is 44.6 Å². The molecule has 188 valence electrons. The monoisotopic (exact) mass is 536 g/mol. The lowest BCUT2D eigenvalue weighted by Gasteiger charge is -2.13. The maximum atomic E-state index is 11.4. The van der Waals surface area contributed by atoms with Gasteiger partial charge in [-0.25, -0.2) is 9.78 Å². The predicted octanol–water partition coefficient (Wildman–Crippen LogP) is 7.65. The highest BCUT2D eigenvalue weighted by Crippen LogP contribution is 2.46. The number of ether oxygens (including phenoxy) is 2. The molecule has 2 aromatic carbocycles. The zero-order chi connectivity index (χ0) is 25.7. The second kappa shape index (κ2) is 9.39. The highest BCUT2D eigenvalue weighted by Gasteiger charge is 2.34. The van der Waals surface area contributed by atoms with Gasteiger partial charge in [0.15, 0.2) is 0 Å². The number of fused-ring (bicyclic) bond motifs is 2. The summed E-state index contributed by atoms with van der Waals surface area (Å²) in [5.41, 5.74) is 3.86. The molecular formula is C28H22Cl2N2O5. The van der Waals surface area contributed by atoms with Crippen molar-refractivity contribution in [2.75, 3.05) is 0 Å². The maximum absolute atomic E-state index is 11.4. The lowest BCUT2D eigenvalue weighted by molar-refractivity contribution is 0.0696. The van der Waals surface area contributed by atoms with Crippen LogP contribution in [0.1, 0.15) is 64.5 Å². The smallest absolute Gasteiger partial charge is 0.335 e. The average Bonchev–Trinajstić information content (AvgIpc) is 3.65. The van der Waals surface area contributed by atoms with Gasteiger partial charge in [-0.1, -0.05) is 47.4 Å². The third-order valence-corrected chi connectivity index (χ3v) is 7.35. The molecule has 1 N–H and O–H groups in total. The average molecular weight is 537 g/mol. The third-order valence-electron chi connectivity index (χ3n) is 6.72. The minimum absolute atomic E-state index is 0.0330. The summed E-state index contributed by atoms with van der Waals surface area (Å²) in [7, 11) is 0. The van der Waals surface area contributed by atoms with Crippen molar-refractivity contribution in [3.8, 4) is 28.6 Å². The fraction of sp³-hybridized carbons (Fsp3) is 0.250. The molecule has 9 heteroatoms. The van der Waals surface area contributed by atoms with Crippen molar-refractivity contribution in [2.24, 2.45) is 0 Å². The molecule has 2 aliphatic rings. The Morgan fingerprint density at radius 2 is 1.89 bits per heavy atom. The van der Waals surface area contributed by atoms with E-state index in [2.05, 4.69) is 12.1 Å². The number of hydrogen-bond acceptors (Lipinski definition) is 6. The van der Waals surface area contributed by atoms with Crippen LogP contribution in [0.25, 0.3) is 11.3 Å². The Hall–Kier alpha value is -3.55. The van der Waals surface area contributed by atoms with Gasteiger partial charge in [0.25, 0.3) is 0 Å². The summed E-state index contributed by atoms with van der Waals surface area (Å²) in [6.45, 7) is 2.25. The van der Waals surface area contributed by atoms with E-state index in [-0.39, 0.29) is 18.1 Å². The van der Waals surface area contributed by atoms with Gasteiger partial charge in [0, 0.05) is 23.5 Å². The Labute approximate surface area is 222 Å². The number of aromatic nitrogens is 2. The standard InChI is InChI=1S/C28H22Cl2N2O5/c1-14-11-16-7-8-17(28(33)34)12-22(16)36-21-9-10-23(31-25(14)21)35-13-18-26(32-37-27(18)15-5-6-15)24-19(29)3-2-4-20(24)30/h2-4,7-10,12,14-15H,5-6,11,13H2,1H3,(H,33,34)/t14-/m1/s1. The molecule has 0 spiro atoms. The minimum Gasteiger partial charge on any atom is -0.478 e. The summed E-state index contributed by atoms with van der Waals surface area (Å²) in [6.07, 6.45) is 2.73.